The van der Waals surface area contributed by atoms with Crippen molar-refractivity contribution in [1.82, 2.24) is 10.3 Å². The molecule has 0 spiro atoms. The fraction of sp³-hybridized carbons (Fsp3) is 0.444. The van der Waals surface area contributed by atoms with Gasteiger partial charge in [-0.3, -0.25) is 4.79 Å². The molecule has 1 saturated carbocycles. The van der Waals surface area contributed by atoms with Gasteiger partial charge in [-0.15, -0.1) is 23.7 Å². The third-order valence-corrected chi connectivity index (χ3v) is 5.50. The SMILES string of the molecule is COc1ccc(C2(NC(=O)c3csc(CCN)n3)CCCC2)cc1.Cl. The Kier molecular flexibility index (Phi) is 6.81. The number of amides is 1. The number of benzene rings is 1. The van der Waals surface area contributed by atoms with Crippen LogP contribution in [0.2, 0.25) is 0 Å². The van der Waals surface area contributed by atoms with Crippen LogP contribution < -0.4 is 15.8 Å². The molecule has 0 radical (unpaired) electrons. The number of hydrogen-bond donors (Lipinski definition) is 2. The highest BCUT2D eigenvalue weighted by atomic mass is 35.5. The standard InChI is InChI=1S/C18H23N3O2S.ClH/c1-23-14-6-4-13(5-7-14)18(9-2-3-10-18)21-17(22)15-12-24-16(20-15)8-11-19;/h4-7,12H,2-3,8-11,19H2,1H3,(H,21,22);1H. The van der Waals surface area contributed by atoms with Gasteiger partial charge in [0.2, 0.25) is 0 Å². The molecule has 7 heteroatoms. The van der Waals surface area contributed by atoms with Crippen LogP contribution in [-0.2, 0) is 12.0 Å². The van der Waals surface area contributed by atoms with Gasteiger partial charge in [0.1, 0.15) is 11.4 Å². The lowest BCUT2D eigenvalue weighted by Gasteiger charge is -2.31. The van der Waals surface area contributed by atoms with Crippen LogP contribution in [0.15, 0.2) is 29.6 Å². The van der Waals surface area contributed by atoms with Gasteiger partial charge in [0.25, 0.3) is 5.91 Å². The molecule has 1 heterocycles. The second-order valence-electron chi connectivity index (χ2n) is 6.14. The molecule has 3 rings (SSSR count). The first-order valence-electron chi connectivity index (χ1n) is 8.28. The van der Waals surface area contributed by atoms with E-state index in [1.807, 2.05) is 29.6 Å². The molecule has 136 valence electrons. The molecule has 1 aliphatic rings. The number of methoxy groups -OCH3 is 1. The molecule has 25 heavy (non-hydrogen) atoms. The number of carbonyl (C=O) groups is 1. The lowest BCUT2D eigenvalue weighted by molar-refractivity contribution is 0.0893. The van der Waals surface area contributed by atoms with Gasteiger partial charge in [-0.1, -0.05) is 25.0 Å². The summed E-state index contributed by atoms with van der Waals surface area (Å²) in [5, 5.41) is 5.98. The molecule has 0 aliphatic heterocycles. The van der Waals surface area contributed by atoms with E-state index in [0.717, 1.165) is 42.0 Å². The van der Waals surface area contributed by atoms with Crippen LogP contribution in [0.5, 0.6) is 5.75 Å². The third-order valence-electron chi connectivity index (χ3n) is 4.60. The summed E-state index contributed by atoms with van der Waals surface area (Å²) in [6.07, 6.45) is 4.83. The summed E-state index contributed by atoms with van der Waals surface area (Å²) in [6, 6.07) is 7.99. The highest BCUT2D eigenvalue weighted by Crippen LogP contribution is 2.39. The predicted molar refractivity (Wildman–Crippen MR) is 103 cm³/mol. The van der Waals surface area contributed by atoms with Crippen molar-refractivity contribution in [1.29, 1.82) is 0 Å². The number of rotatable bonds is 6. The van der Waals surface area contributed by atoms with Crippen LogP contribution in [0.4, 0.5) is 0 Å². The number of nitrogens with zero attached hydrogens (tertiary/aromatic N) is 1. The monoisotopic (exact) mass is 381 g/mol. The summed E-state index contributed by atoms with van der Waals surface area (Å²) >= 11 is 1.49. The van der Waals surface area contributed by atoms with Crippen LogP contribution in [-0.4, -0.2) is 24.5 Å². The van der Waals surface area contributed by atoms with Crippen molar-refractivity contribution in [3.05, 3.63) is 45.9 Å². The quantitative estimate of drug-likeness (QED) is 0.805. The van der Waals surface area contributed by atoms with Crippen molar-refractivity contribution in [2.24, 2.45) is 5.73 Å². The number of hydrogen-bond acceptors (Lipinski definition) is 5. The number of nitrogens with one attached hydrogen (secondary N) is 1. The maximum absolute atomic E-state index is 12.7. The van der Waals surface area contributed by atoms with E-state index < -0.39 is 0 Å². The molecule has 1 fully saturated rings. The van der Waals surface area contributed by atoms with Crippen molar-refractivity contribution in [3.63, 3.8) is 0 Å². The van der Waals surface area contributed by atoms with Crippen LogP contribution >= 0.6 is 23.7 Å². The van der Waals surface area contributed by atoms with Gasteiger partial charge < -0.3 is 15.8 Å². The van der Waals surface area contributed by atoms with Crippen molar-refractivity contribution in [3.8, 4) is 5.75 Å². The lowest BCUT2D eigenvalue weighted by Crippen LogP contribution is -2.43. The Labute approximate surface area is 158 Å². The van der Waals surface area contributed by atoms with E-state index in [1.54, 1.807) is 7.11 Å². The normalized spacial score (nSPS) is 15.4. The summed E-state index contributed by atoms with van der Waals surface area (Å²) in [5.74, 6) is 0.719. The molecule has 0 atom stereocenters. The highest BCUT2D eigenvalue weighted by molar-refractivity contribution is 7.09. The molecule has 1 aliphatic carbocycles. The first-order valence-corrected chi connectivity index (χ1v) is 9.16. The Bertz CT molecular complexity index is 697. The fourth-order valence-corrected chi connectivity index (χ4v) is 4.10. The Morgan fingerprint density at radius 1 is 1.32 bits per heavy atom. The molecular weight excluding hydrogens is 358 g/mol. The van der Waals surface area contributed by atoms with Gasteiger partial charge in [0.05, 0.1) is 17.7 Å². The summed E-state index contributed by atoms with van der Waals surface area (Å²) in [7, 11) is 1.66. The van der Waals surface area contributed by atoms with Gasteiger partial charge in [0.15, 0.2) is 0 Å². The van der Waals surface area contributed by atoms with Gasteiger partial charge >= 0.3 is 0 Å². The molecule has 3 N–H and O–H groups in total. The summed E-state index contributed by atoms with van der Waals surface area (Å²) in [6.45, 7) is 0.546. The summed E-state index contributed by atoms with van der Waals surface area (Å²) in [4.78, 5) is 17.1. The molecule has 5 nitrogen and oxygen atoms in total. The Morgan fingerprint density at radius 3 is 2.60 bits per heavy atom. The number of halogens is 1. The van der Waals surface area contributed by atoms with Gasteiger partial charge in [-0.25, -0.2) is 4.98 Å². The first-order chi connectivity index (χ1) is 11.7. The number of ether oxygens (including phenoxy) is 1. The Morgan fingerprint density at radius 2 is 2.00 bits per heavy atom. The molecule has 2 aromatic rings. The van der Waals surface area contributed by atoms with Crippen molar-refractivity contribution in [2.75, 3.05) is 13.7 Å². The molecule has 0 saturated heterocycles. The second-order valence-corrected chi connectivity index (χ2v) is 7.08. The number of nitrogens with two attached hydrogens (primary N) is 1. The average Bonchev–Trinajstić information content (AvgIpc) is 3.26. The predicted octanol–water partition coefficient (Wildman–Crippen LogP) is 3.27. The number of carbonyl (C=O) groups excluding carboxylic acids is 1. The van der Waals surface area contributed by atoms with Gasteiger partial charge in [0, 0.05) is 11.8 Å². The Balaban J connectivity index is 0.00000225. The molecule has 1 amide bonds. The van der Waals surface area contributed by atoms with E-state index in [2.05, 4.69) is 10.3 Å². The molecule has 1 aromatic carbocycles. The van der Waals surface area contributed by atoms with E-state index in [1.165, 1.54) is 11.3 Å². The Hall–Kier alpha value is -1.63. The van der Waals surface area contributed by atoms with Crippen LogP contribution in [0.1, 0.15) is 46.7 Å². The lowest BCUT2D eigenvalue weighted by atomic mass is 9.88. The molecular formula is C18H24ClN3O2S. The van der Waals surface area contributed by atoms with Crippen molar-refractivity contribution in [2.45, 2.75) is 37.6 Å². The minimum absolute atomic E-state index is 0. The first kappa shape index (κ1) is 19.7. The van der Waals surface area contributed by atoms with E-state index in [9.17, 15) is 4.79 Å². The minimum Gasteiger partial charge on any atom is -0.497 e. The zero-order valence-electron chi connectivity index (χ0n) is 14.3. The van der Waals surface area contributed by atoms with Crippen molar-refractivity contribution >= 4 is 29.7 Å². The zero-order chi connectivity index (χ0) is 17.0. The maximum Gasteiger partial charge on any atom is 0.271 e. The molecule has 0 unspecified atom stereocenters. The fourth-order valence-electron chi connectivity index (χ4n) is 3.31. The third kappa shape index (κ3) is 4.32. The largest absolute Gasteiger partial charge is 0.497 e. The van der Waals surface area contributed by atoms with E-state index >= 15 is 0 Å². The summed E-state index contributed by atoms with van der Waals surface area (Å²) < 4.78 is 5.23. The van der Waals surface area contributed by atoms with E-state index in [4.69, 9.17) is 10.5 Å². The topological polar surface area (TPSA) is 77.2 Å². The molecule has 1 aromatic heterocycles. The van der Waals surface area contributed by atoms with Crippen molar-refractivity contribution < 1.29 is 9.53 Å². The van der Waals surface area contributed by atoms with E-state index in [-0.39, 0.29) is 23.9 Å². The summed E-state index contributed by atoms with van der Waals surface area (Å²) in [5.41, 5.74) is 6.87. The van der Waals surface area contributed by atoms with Gasteiger partial charge in [-0.2, -0.15) is 0 Å². The second kappa shape index (κ2) is 8.65. The van der Waals surface area contributed by atoms with Crippen LogP contribution in [0.25, 0.3) is 0 Å². The maximum atomic E-state index is 12.7. The smallest absolute Gasteiger partial charge is 0.271 e. The number of aromatic nitrogens is 1. The average molecular weight is 382 g/mol. The van der Waals surface area contributed by atoms with Crippen LogP contribution in [0.3, 0.4) is 0 Å². The minimum atomic E-state index is -0.305. The number of thiazole rings is 1. The zero-order valence-corrected chi connectivity index (χ0v) is 15.9. The van der Waals surface area contributed by atoms with Gasteiger partial charge in [-0.05, 0) is 37.1 Å². The van der Waals surface area contributed by atoms with E-state index in [0.29, 0.717) is 18.7 Å². The van der Waals surface area contributed by atoms with Crippen LogP contribution in [0, 0.1) is 0 Å². The molecule has 0 bridgehead atoms. The highest BCUT2D eigenvalue weighted by Gasteiger charge is 2.37.